The van der Waals surface area contributed by atoms with E-state index in [2.05, 4.69) is 27.6 Å². The van der Waals surface area contributed by atoms with E-state index in [1.165, 1.54) is 0 Å². The summed E-state index contributed by atoms with van der Waals surface area (Å²) in [5.41, 5.74) is 8.71. The van der Waals surface area contributed by atoms with Crippen LogP contribution in [0.3, 0.4) is 0 Å². The Bertz CT molecular complexity index is 434. The highest BCUT2D eigenvalue weighted by atomic mass is 32.1. The van der Waals surface area contributed by atoms with E-state index in [1.54, 1.807) is 6.21 Å². The third-order valence-corrected chi connectivity index (χ3v) is 2.36. The Labute approximate surface area is 119 Å². The first-order chi connectivity index (χ1) is 9.08. The van der Waals surface area contributed by atoms with Gasteiger partial charge in [-0.05, 0) is 50.4 Å². The summed E-state index contributed by atoms with van der Waals surface area (Å²) in [4.78, 5) is 2.13. The first kappa shape index (κ1) is 15.4. The number of hydrogen-bond acceptors (Lipinski definition) is 4. The van der Waals surface area contributed by atoms with Crippen LogP contribution >= 0.6 is 12.2 Å². The predicted octanol–water partition coefficient (Wildman–Crippen LogP) is 1.18. The molecule has 3 N–H and O–H groups in total. The number of nitrogens with zero attached hydrogens (tertiary/aromatic N) is 2. The minimum Gasteiger partial charge on any atom is -0.494 e. The smallest absolute Gasteiger partial charge is 0.184 e. The lowest BCUT2D eigenvalue weighted by molar-refractivity contribution is 0.281. The molecule has 0 aliphatic rings. The van der Waals surface area contributed by atoms with Gasteiger partial charge in [0.15, 0.2) is 5.11 Å². The molecule has 0 aromatic heterocycles. The summed E-state index contributed by atoms with van der Waals surface area (Å²) >= 11 is 4.65. The molecule has 1 aromatic carbocycles. The maximum absolute atomic E-state index is 5.67. The largest absolute Gasteiger partial charge is 0.494 e. The molecule has 0 aliphatic carbocycles. The second-order valence-corrected chi connectivity index (χ2v) is 4.75. The van der Waals surface area contributed by atoms with Crippen LogP contribution in [0.1, 0.15) is 12.0 Å². The van der Waals surface area contributed by atoms with Crippen LogP contribution in [0.2, 0.25) is 0 Å². The Hall–Kier alpha value is -1.66. The molecular formula is C13H20N4OS. The lowest BCUT2D eigenvalue weighted by Gasteiger charge is -2.10. The molecule has 0 saturated carbocycles. The minimum atomic E-state index is 0.146. The topological polar surface area (TPSA) is 62.9 Å². The first-order valence-corrected chi connectivity index (χ1v) is 6.45. The van der Waals surface area contributed by atoms with Crippen molar-refractivity contribution in [1.29, 1.82) is 0 Å². The van der Waals surface area contributed by atoms with Crippen LogP contribution in [0, 0.1) is 0 Å². The van der Waals surface area contributed by atoms with Gasteiger partial charge in [0.2, 0.25) is 0 Å². The standard InChI is InChI=1S/C13H20N4OS/c1-17(2)7-4-8-18-12-6-3-5-11(9-12)10-15-16-13(14)19/h3,5-6,9-10H,4,7-8H2,1-2H3,(H3,14,16,19). The highest BCUT2D eigenvalue weighted by Crippen LogP contribution is 2.12. The van der Waals surface area contributed by atoms with Gasteiger partial charge in [0.05, 0.1) is 12.8 Å². The summed E-state index contributed by atoms with van der Waals surface area (Å²) in [5.74, 6) is 0.832. The molecule has 1 aromatic rings. The Kier molecular flexibility index (Phi) is 6.84. The zero-order chi connectivity index (χ0) is 14.1. The number of nitrogens with two attached hydrogens (primary N) is 1. The lowest BCUT2D eigenvalue weighted by Crippen LogP contribution is -2.23. The van der Waals surface area contributed by atoms with Gasteiger partial charge in [-0.1, -0.05) is 12.1 Å². The van der Waals surface area contributed by atoms with Crippen LogP contribution in [0.5, 0.6) is 5.75 Å². The number of hydrogen-bond donors (Lipinski definition) is 2. The van der Waals surface area contributed by atoms with E-state index in [0.717, 1.165) is 24.3 Å². The van der Waals surface area contributed by atoms with Crippen LogP contribution in [-0.4, -0.2) is 43.5 Å². The fraction of sp³-hybridized carbons (Fsp3) is 0.385. The Morgan fingerprint density at radius 2 is 2.32 bits per heavy atom. The average molecular weight is 280 g/mol. The van der Waals surface area contributed by atoms with Gasteiger partial charge in [-0.2, -0.15) is 5.10 Å². The van der Waals surface area contributed by atoms with Gasteiger partial charge in [0.25, 0.3) is 0 Å². The summed E-state index contributed by atoms with van der Waals surface area (Å²) in [7, 11) is 4.10. The fourth-order valence-electron chi connectivity index (χ4n) is 1.43. The molecule has 0 aliphatic heterocycles. The molecule has 1 rings (SSSR count). The van der Waals surface area contributed by atoms with Gasteiger partial charge >= 0.3 is 0 Å². The molecule has 0 saturated heterocycles. The number of nitrogens with one attached hydrogen (secondary N) is 1. The van der Waals surface area contributed by atoms with E-state index < -0.39 is 0 Å². The van der Waals surface area contributed by atoms with E-state index in [9.17, 15) is 0 Å². The van der Waals surface area contributed by atoms with Crippen molar-refractivity contribution >= 4 is 23.5 Å². The first-order valence-electron chi connectivity index (χ1n) is 6.04. The van der Waals surface area contributed by atoms with Crippen molar-refractivity contribution < 1.29 is 4.74 Å². The molecule has 0 atom stereocenters. The third kappa shape index (κ3) is 7.38. The van der Waals surface area contributed by atoms with Crippen molar-refractivity contribution in [2.75, 3.05) is 27.2 Å². The Morgan fingerprint density at radius 1 is 1.53 bits per heavy atom. The van der Waals surface area contributed by atoms with E-state index in [-0.39, 0.29) is 5.11 Å². The predicted molar refractivity (Wildman–Crippen MR) is 82.6 cm³/mol. The van der Waals surface area contributed by atoms with Gasteiger partial charge in [-0.25, -0.2) is 0 Å². The number of hydrazone groups is 1. The molecule has 6 heteroatoms. The maximum Gasteiger partial charge on any atom is 0.184 e. The number of ether oxygens (including phenoxy) is 1. The molecule has 0 bridgehead atoms. The number of rotatable bonds is 7. The van der Waals surface area contributed by atoms with Crippen molar-refractivity contribution in [1.82, 2.24) is 10.3 Å². The van der Waals surface area contributed by atoms with Crippen LogP contribution in [0.4, 0.5) is 0 Å². The molecular weight excluding hydrogens is 260 g/mol. The maximum atomic E-state index is 5.67. The molecule has 0 unspecified atom stereocenters. The normalized spacial score (nSPS) is 10.9. The zero-order valence-corrected chi connectivity index (χ0v) is 12.1. The van der Waals surface area contributed by atoms with Crippen LogP contribution in [0.15, 0.2) is 29.4 Å². The van der Waals surface area contributed by atoms with Crippen molar-refractivity contribution in [3.63, 3.8) is 0 Å². The lowest BCUT2D eigenvalue weighted by atomic mass is 10.2. The second-order valence-electron chi connectivity index (χ2n) is 4.31. The molecule has 0 fully saturated rings. The molecule has 104 valence electrons. The van der Waals surface area contributed by atoms with Gasteiger partial charge < -0.3 is 15.4 Å². The molecule has 19 heavy (non-hydrogen) atoms. The van der Waals surface area contributed by atoms with Crippen molar-refractivity contribution in [3.05, 3.63) is 29.8 Å². The summed E-state index contributed by atoms with van der Waals surface area (Å²) in [6, 6.07) is 7.69. The average Bonchev–Trinajstić information content (AvgIpc) is 2.34. The fourth-order valence-corrected chi connectivity index (χ4v) is 1.48. The van der Waals surface area contributed by atoms with Crippen molar-refractivity contribution in [2.24, 2.45) is 10.8 Å². The van der Waals surface area contributed by atoms with Crippen molar-refractivity contribution in [2.45, 2.75) is 6.42 Å². The van der Waals surface area contributed by atoms with Crippen LogP contribution < -0.4 is 15.9 Å². The quantitative estimate of drug-likeness (QED) is 0.340. The second kappa shape index (κ2) is 8.44. The molecule has 0 amide bonds. The number of benzene rings is 1. The highest BCUT2D eigenvalue weighted by molar-refractivity contribution is 7.80. The zero-order valence-electron chi connectivity index (χ0n) is 11.3. The third-order valence-electron chi connectivity index (χ3n) is 2.26. The van der Waals surface area contributed by atoms with Gasteiger partial charge in [0.1, 0.15) is 5.75 Å². The Balaban J connectivity index is 2.43. The van der Waals surface area contributed by atoms with Crippen LogP contribution in [-0.2, 0) is 0 Å². The Morgan fingerprint density at radius 3 is 3.00 bits per heavy atom. The molecule has 0 spiro atoms. The van der Waals surface area contributed by atoms with Crippen molar-refractivity contribution in [3.8, 4) is 5.75 Å². The summed E-state index contributed by atoms with van der Waals surface area (Å²) in [6.07, 6.45) is 2.64. The van der Waals surface area contributed by atoms with E-state index in [4.69, 9.17) is 10.5 Å². The summed E-state index contributed by atoms with van der Waals surface area (Å²) in [5, 5.41) is 4.04. The SMILES string of the molecule is CN(C)CCCOc1cccc(C=NNC(N)=S)c1. The van der Waals surface area contributed by atoms with Gasteiger partial charge in [-0.3, -0.25) is 5.43 Å². The highest BCUT2D eigenvalue weighted by Gasteiger charge is 1.96. The van der Waals surface area contributed by atoms with E-state index in [0.29, 0.717) is 6.61 Å². The monoisotopic (exact) mass is 280 g/mol. The molecule has 0 heterocycles. The summed E-state index contributed by atoms with van der Waals surface area (Å²) < 4.78 is 5.67. The van der Waals surface area contributed by atoms with E-state index in [1.807, 2.05) is 38.4 Å². The molecule has 5 nitrogen and oxygen atoms in total. The van der Waals surface area contributed by atoms with Crippen LogP contribution in [0.25, 0.3) is 0 Å². The minimum absolute atomic E-state index is 0.146. The summed E-state index contributed by atoms with van der Waals surface area (Å²) in [6.45, 7) is 1.71. The number of thiocarbonyl (C=S) groups is 1. The van der Waals surface area contributed by atoms with Gasteiger partial charge in [-0.15, -0.1) is 0 Å². The van der Waals surface area contributed by atoms with E-state index >= 15 is 0 Å². The van der Waals surface area contributed by atoms with Gasteiger partial charge in [0, 0.05) is 6.54 Å². The molecule has 0 radical (unpaired) electrons.